The summed E-state index contributed by atoms with van der Waals surface area (Å²) >= 11 is 0. The Bertz CT molecular complexity index is 1340. The molecule has 0 amide bonds. The quantitative estimate of drug-likeness (QED) is 0.412. The van der Waals surface area contributed by atoms with E-state index >= 15 is 0 Å². The van der Waals surface area contributed by atoms with Crippen molar-refractivity contribution in [1.29, 1.82) is 5.26 Å². The summed E-state index contributed by atoms with van der Waals surface area (Å²) in [4.78, 5) is 17.8. The first-order chi connectivity index (χ1) is 17.6. The molecular formula is C26H30F3N7O. The number of pyridine rings is 1. The van der Waals surface area contributed by atoms with Crippen molar-refractivity contribution in [1.82, 2.24) is 19.9 Å². The van der Waals surface area contributed by atoms with Gasteiger partial charge in [0.05, 0.1) is 35.6 Å². The molecule has 1 atom stereocenters. The first-order valence-electron chi connectivity index (χ1n) is 12.0. The lowest BCUT2D eigenvalue weighted by Gasteiger charge is -2.23. The Labute approximate surface area is 214 Å². The number of rotatable bonds is 10. The van der Waals surface area contributed by atoms with Gasteiger partial charge in [-0.2, -0.15) is 20.2 Å². The third-order valence-electron chi connectivity index (χ3n) is 6.65. The minimum atomic E-state index is -2.93. The van der Waals surface area contributed by atoms with Crippen molar-refractivity contribution in [2.45, 2.75) is 37.6 Å². The van der Waals surface area contributed by atoms with Crippen LogP contribution >= 0.6 is 0 Å². The van der Waals surface area contributed by atoms with Gasteiger partial charge in [0.15, 0.2) is 5.65 Å². The maximum atomic E-state index is 14.9. The zero-order chi connectivity index (χ0) is 26.9. The average Bonchev–Trinajstić information content (AvgIpc) is 3.67. The van der Waals surface area contributed by atoms with Crippen LogP contribution in [0, 0.1) is 17.1 Å². The average molecular weight is 514 g/mol. The molecule has 1 saturated carbocycles. The lowest BCUT2D eigenvalue weighted by Crippen LogP contribution is -2.30. The molecule has 37 heavy (non-hydrogen) atoms. The summed E-state index contributed by atoms with van der Waals surface area (Å²) in [6.07, 6.45) is -1.56. The normalized spacial score (nSPS) is 15.1. The van der Waals surface area contributed by atoms with Crippen LogP contribution in [0.4, 0.5) is 24.9 Å². The van der Waals surface area contributed by atoms with Crippen LogP contribution in [0.25, 0.3) is 11.0 Å². The third-order valence-corrected chi connectivity index (χ3v) is 6.65. The summed E-state index contributed by atoms with van der Waals surface area (Å²) in [6, 6.07) is 7.40. The Kier molecular flexibility index (Phi) is 7.41. The summed E-state index contributed by atoms with van der Waals surface area (Å²) in [6.45, 7) is 3.06. The molecule has 2 aromatic heterocycles. The molecule has 196 valence electrons. The summed E-state index contributed by atoms with van der Waals surface area (Å²) < 4.78 is 47.1. The van der Waals surface area contributed by atoms with Crippen molar-refractivity contribution in [2.24, 2.45) is 0 Å². The van der Waals surface area contributed by atoms with Gasteiger partial charge in [0.25, 0.3) is 6.43 Å². The molecule has 1 aliphatic carbocycles. The molecule has 0 unspecified atom stereocenters. The number of nitrogens with zero attached hydrogens (tertiary/aromatic N) is 6. The predicted molar refractivity (Wildman–Crippen MR) is 136 cm³/mol. The van der Waals surface area contributed by atoms with Gasteiger partial charge in [0, 0.05) is 31.3 Å². The monoisotopic (exact) mass is 513 g/mol. The van der Waals surface area contributed by atoms with Crippen molar-refractivity contribution in [3.05, 3.63) is 46.8 Å². The minimum absolute atomic E-state index is 0.0875. The molecule has 11 heteroatoms. The standard InChI is InChI=1S/C26H30F3N7O/c1-15(16-7-6-8-17(20(16)27)21(28)29)31-22-18-13-19(26(14-30)9-10-26)24(37-5)32-23(18)34-25(33-22)36(4)12-11-35(2)3/h6-8,13,15,21H,9-12H2,1-5H3,(H,31,32,33,34)/t15-/m1/s1. The van der Waals surface area contributed by atoms with Gasteiger partial charge in [0.1, 0.15) is 11.6 Å². The molecule has 1 aliphatic rings. The van der Waals surface area contributed by atoms with Gasteiger partial charge in [-0.15, -0.1) is 0 Å². The van der Waals surface area contributed by atoms with Gasteiger partial charge < -0.3 is 19.9 Å². The second kappa shape index (κ2) is 10.4. The van der Waals surface area contributed by atoms with Crippen LogP contribution in [0.3, 0.4) is 0 Å². The summed E-state index contributed by atoms with van der Waals surface area (Å²) in [5.74, 6) is 0.105. The van der Waals surface area contributed by atoms with Crippen LogP contribution in [-0.2, 0) is 5.41 Å². The van der Waals surface area contributed by atoms with E-state index in [1.54, 1.807) is 13.0 Å². The van der Waals surface area contributed by atoms with E-state index in [1.807, 2.05) is 30.9 Å². The van der Waals surface area contributed by atoms with Crippen molar-refractivity contribution < 1.29 is 17.9 Å². The molecule has 8 nitrogen and oxygen atoms in total. The van der Waals surface area contributed by atoms with Crippen molar-refractivity contribution in [2.75, 3.05) is 51.6 Å². The highest BCUT2D eigenvalue weighted by Crippen LogP contribution is 2.51. The smallest absolute Gasteiger partial charge is 0.266 e. The fourth-order valence-electron chi connectivity index (χ4n) is 4.18. The molecular weight excluding hydrogens is 483 g/mol. The Morgan fingerprint density at radius 1 is 1.14 bits per heavy atom. The molecule has 0 radical (unpaired) electrons. The largest absolute Gasteiger partial charge is 0.481 e. The number of fused-ring (bicyclic) bond motifs is 1. The lowest BCUT2D eigenvalue weighted by molar-refractivity contribution is 0.146. The van der Waals surface area contributed by atoms with Gasteiger partial charge in [-0.05, 0) is 39.9 Å². The van der Waals surface area contributed by atoms with E-state index in [2.05, 4.69) is 21.4 Å². The lowest BCUT2D eigenvalue weighted by atomic mass is 9.97. The van der Waals surface area contributed by atoms with Crippen LogP contribution < -0.4 is 15.0 Å². The van der Waals surface area contributed by atoms with Crippen LogP contribution in [0.1, 0.15) is 48.9 Å². The van der Waals surface area contributed by atoms with Crippen molar-refractivity contribution >= 4 is 22.8 Å². The van der Waals surface area contributed by atoms with Crippen LogP contribution in [0.15, 0.2) is 24.3 Å². The Morgan fingerprint density at radius 2 is 1.84 bits per heavy atom. The third kappa shape index (κ3) is 5.25. The fourth-order valence-corrected chi connectivity index (χ4v) is 4.18. The number of aromatic nitrogens is 3. The van der Waals surface area contributed by atoms with E-state index in [0.29, 0.717) is 53.6 Å². The number of hydrogen-bond donors (Lipinski definition) is 1. The first-order valence-corrected chi connectivity index (χ1v) is 12.0. The van der Waals surface area contributed by atoms with E-state index in [0.717, 1.165) is 12.6 Å². The van der Waals surface area contributed by atoms with Gasteiger partial charge in [-0.1, -0.05) is 18.2 Å². The zero-order valence-electron chi connectivity index (χ0n) is 21.5. The van der Waals surface area contributed by atoms with Crippen LogP contribution in [0.2, 0.25) is 0 Å². The highest BCUT2D eigenvalue weighted by molar-refractivity contribution is 5.89. The highest BCUT2D eigenvalue weighted by atomic mass is 19.3. The van der Waals surface area contributed by atoms with Gasteiger partial charge >= 0.3 is 0 Å². The zero-order valence-corrected chi connectivity index (χ0v) is 21.5. The van der Waals surface area contributed by atoms with Crippen molar-refractivity contribution in [3.63, 3.8) is 0 Å². The number of anilines is 2. The van der Waals surface area contributed by atoms with E-state index in [1.165, 1.54) is 19.2 Å². The second-order valence-electron chi connectivity index (χ2n) is 9.62. The van der Waals surface area contributed by atoms with E-state index in [-0.39, 0.29) is 5.56 Å². The first kappa shape index (κ1) is 26.4. The number of methoxy groups -OCH3 is 1. The van der Waals surface area contributed by atoms with E-state index in [9.17, 15) is 18.4 Å². The molecule has 1 fully saturated rings. The van der Waals surface area contributed by atoms with Crippen molar-refractivity contribution in [3.8, 4) is 11.9 Å². The molecule has 0 spiro atoms. The maximum absolute atomic E-state index is 14.9. The predicted octanol–water partition coefficient (Wildman–Crippen LogP) is 4.84. The molecule has 0 aliphatic heterocycles. The number of halogens is 3. The number of likely N-dealkylation sites (N-methyl/N-ethyl adjacent to an activating group) is 2. The summed E-state index contributed by atoms with van der Waals surface area (Å²) in [7, 11) is 7.27. The Morgan fingerprint density at radius 3 is 2.43 bits per heavy atom. The summed E-state index contributed by atoms with van der Waals surface area (Å²) in [5, 5.41) is 13.5. The molecule has 0 saturated heterocycles. The van der Waals surface area contributed by atoms with Gasteiger partial charge in [-0.25, -0.2) is 13.2 Å². The van der Waals surface area contributed by atoms with Gasteiger partial charge in [0.2, 0.25) is 11.8 Å². The second-order valence-corrected chi connectivity index (χ2v) is 9.62. The fraction of sp³-hybridized carbons (Fsp3) is 0.462. The Balaban J connectivity index is 1.83. The number of ether oxygens (including phenoxy) is 1. The van der Waals surface area contributed by atoms with Gasteiger partial charge in [-0.3, -0.25) is 0 Å². The highest BCUT2D eigenvalue weighted by Gasteiger charge is 2.47. The van der Waals surface area contributed by atoms with E-state index < -0.39 is 29.3 Å². The number of benzene rings is 1. The maximum Gasteiger partial charge on any atom is 0.266 e. The Hall–Kier alpha value is -3.65. The molecule has 0 bridgehead atoms. The molecule has 2 heterocycles. The summed E-state index contributed by atoms with van der Waals surface area (Å²) in [5.41, 5.74) is -0.268. The molecule has 3 aromatic rings. The number of alkyl halides is 2. The van der Waals surface area contributed by atoms with Crippen LogP contribution in [-0.4, -0.2) is 61.2 Å². The van der Waals surface area contributed by atoms with E-state index in [4.69, 9.17) is 9.72 Å². The number of nitriles is 1. The molecule has 1 N–H and O–H groups in total. The number of hydrogen-bond acceptors (Lipinski definition) is 8. The molecule has 4 rings (SSSR count). The van der Waals surface area contributed by atoms with Crippen LogP contribution in [0.5, 0.6) is 5.88 Å². The topological polar surface area (TPSA) is 90.2 Å². The molecule has 1 aromatic carbocycles. The number of nitrogens with one attached hydrogen (secondary N) is 1. The SMILES string of the molecule is COc1nc2nc(N(C)CCN(C)C)nc(N[C@H](C)c3cccc(C(F)F)c3F)c2cc1C1(C#N)CC1. The minimum Gasteiger partial charge on any atom is -0.481 e.